The van der Waals surface area contributed by atoms with Crippen LogP contribution in [0.25, 0.3) is 0 Å². The Bertz CT molecular complexity index is 546. The highest BCUT2D eigenvalue weighted by molar-refractivity contribution is 14.1. The minimum absolute atomic E-state index is 0.221. The molecule has 2 rings (SSSR count). The van der Waals surface area contributed by atoms with Gasteiger partial charge in [-0.3, -0.25) is 0 Å². The van der Waals surface area contributed by atoms with Gasteiger partial charge in [0.2, 0.25) is 0 Å². The number of nitrogens with zero attached hydrogens (tertiary/aromatic N) is 1. The van der Waals surface area contributed by atoms with Crippen molar-refractivity contribution in [2.24, 2.45) is 0 Å². The van der Waals surface area contributed by atoms with Crippen LogP contribution in [0.15, 0.2) is 36.5 Å². The van der Waals surface area contributed by atoms with Crippen LogP contribution in [0.3, 0.4) is 0 Å². The van der Waals surface area contributed by atoms with E-state index in [9.17, 15) is 4.39 Å². The molecule has 0 aliphatic rings. The monoisotopic (exact) mass is 357 g/mol. The summed E-state index contributed by atoms with van der Waals surface area (Å²) < 4.78 is 14.0. The lowest BCUT2D eigenvalue weighted by Gasteiger charge is -2.10. The van der Waals surface area contributed by atoms with Gasteiger partial charge in [-0.15, -0.1) is 0 Å². The normalized spacial score (nSPS) is 10.2. The van der Waals surface area contributed by atoms with Gasteiger partial charge in [0.05, 0.1) is 9.26 Å². The molecule has 0 spiro atoms. The van der Waals surface area contributed by atoms with Crippen LogP contribution in [0.5, 0.6) is 0 Å². The van der Waals surface area contributed by atoms with Crippen LogP contribution < -0.4 is 10.6 Å². The van der Waals surface area contributed by atoms with Crippen LogP contribution in [0, 0.1) is 9.39 Å². The molecule has 94 valence electrons. The first kappa shape index (κ1) is 13.1. The summed E-state index contributed by atoms with van der Waals surface area (Å²) in [6.45, 7) is 2.82. The van der Waals surface area contributed by atoms with Crippen molar-refractivity contribution in [3.63, 3.8) is 0 Å². The molecule has 0 saturated heterocycles. The molecule has 0 saturated carbocycles. The van der Waals surface area contributed by atoms with Gasteiger partial charge in [-0.25, -0.2) is 9.37 Å². The Labute approximate surface area is 119 Å². The smallest absolute Gasteiger partial charge is 0.138 e. The lowest BCUT2D eigenvalue weighted by molar-refractivity contribution is 0.621. The Hall–Kier alpha value is -1.37. The van der Waals surface area contributed by atoms with Crippen molar-refractivity contribution < 1.29 is 4.39 Å². The van der Waals surface area contributed by atoms with Crippen LogP contribution in [-0.2, 0) is 0 Å². The van der Waals surface area contributed by atoms with Crippen LogP contribution in [0.1, 0.15) is 6.92 Å². The van der Waals surface area contributed by atoms with E-state index < -0.39 is 0 Å². The highest BCUT2D eigenvalue weighted by Gasteiger charge is 2.05. The fourth-order valence-electron chi connectivity index (χ4n) is 1.54. The first-order chi connectivity index (χ1) is 8.70. The fraction of sp³-hybridized carbons (Fsp3) is 0.154. The number of halogens is 2. The van der Waals surface area contributed by atoms with E-state index in [1.54, 1.807) is 12.3 Å². The number of hydrogen-bond donors (Lipinski definition) is 2. The maximum atomic E-state index is 13.4. The fourth-order valence-corrected chi connectivity index (χ4v) is 2.04. The molecule has 1 heterocycles. The number of hydrogen-bond acceptors (Lipinski definition) is 3. The molecule has 1 aromatic carbocycles. The number of rotatable bonds is 4. The van der Waals surface area contributed by atoms with Crippen LogP contribution in [0.4, 0.5) is 21.6 Å². The molecule has 0 amide bonds. The third kappa shape index (κ3) is 3.10. The van der Waals surface area contributed by atoms with Crippen molar-refractivity contribution >= 4 is 39.8 Å². The summed E-state index contributed by atoms with van der Waals surface area (Å²) in [5.74, 6) is 0.579. The summed E-state index contributed by atoms with van der Waals surface area (Å²) in [5, 5.41) is 6.32. The highest BCUT2D eigenvalue weighted by Crippen LogP contribution is 2.25. The largest absolute Gasteiger partial charge is 0.370 e. The van der Waals surface area contributed by atoms with Gasteiger partial charge in [0, 0.05) is 24.5 Å². The Kier molecular flexibility index (Phi) is 4.35. The van der Waals surface area contributed by atoms with Gasteiger partial charge < -0.3 is 10.6 Å². The van der Waals surface area contributed by atoms with Gasteiger partial charge in [0.1, 0.15) is 11.6 Å². The van der Waals surface area contributed by atoms with Crippen molar-refractivity contribution in [1.29, 1.82) is 0 Å². The predicted molar refractivity (Wildman–Crippen MR) is 80.8 cm³/mol. The molecule has 2 N–H and O–H groups in total. The summed E-state index contributed by atoms with van der Waals surface area (Å²) in [6.07, 6.45) is 1.71. The van der Waals surface area contributed by atoms with Crippen LogP contribution in [0.2, 0.25) is 0 Å². The second-order valence-electron chi connectivity index (χ2n) is 3.69. The van der Waals surface area contributed by atoms with E-state index in [1.807, 2.05) is 47.7 Å². The van der Waals surface area contributed by atoms with Gasteiger partial charge in [-0.05, 0) is 47.7 Å². The molecular weight excluding hydrogens is 344 g/mol. The van der Waals surface area contributed by atoms with E-state index in [1.165, 1.54) is 6.07 Å². The standard InChI is InChI=1S/C13H13FIN3/c1-2-16-12-8-9(6-7-17-12)18-11-5-3-4-10(14)13(11)15/h3-8H,2H2,1H3,(H2,16,17,18). The third-order valence-corrected chi connectivity index (χ3v) is 3.44. The van der Waals surface area contributed by atoms with Gasteiger partial charge in [0.15, 0.2) is 0 Å². The van der Waals surface area contributed by atoms with Gasteiger partial charge in [0.25, 0.3) is 0 Å². The summed E-state index contributed by atoms with van der Waals surface area (Å²) in [6, 6.07) is 8.72. The SMILES string of the molecule is CCNc1cc(Nc2cccc(F)c2I)ccn1. The van der Waals surface area contributed by atoms with Crippen molar-refractivity contribution in [3.8, 4) is 0 Å². The van der Waals surface area contributed by atoms with E-state index in [2.05, 4.69) is 15.6 Å². The molecule has 0 unspecified atom stereocenters. The molecule has 1 aromatic heterocycles. The minimum atomic E-state index is -0.221. The summed E-state index contributed by atoms with van der Waals surface area (Å²) in [5.41, 5.74) is 1.63. The van der Waals surface area contributed by atoms with E-state index in [0.29, 0.717) is 3.57 Å². The zero-order valence-corrected chi connectivity index (χ0v) is 12.0. The maximum absolute atomic E-state index is 13.4. The highest BCUT2D eigenvalue weighted by atomic mass is 127. The zero-order chi connectivity index (χ0) is 13.0. The number of anilines is 3. The van der Waals surface area contributed by atoms with Crippen LogP contribution >= 0.6 is 22.6 Å². The second kappa shape index (κ2) is 5.99. The molecule has 2 aromatic rings. The van der Waals surface area contributed by atoms with Crippen LogP contribution in [-0.4, -0.2) is 11.5 Å². The van der Waals surface area contributed by atoms with Crippen molar-refractivity contribution in [1.82, 2.24) is 4.98 Å². The molecule has 5 heteroatoms. The lowest BCUT2D eigenvalue weighted by Crippen LogP contribution is -2.00. The minimum Gasteiger partial charge on any atom is -0.370 e. The Morgan fingerprint density at radius 2 is 2.17 bits per heavy atom. The zero-order valence-electron chi connectivity index (χ0n) is 9.87. The quantitative estimate of drug-likeness (QED) is 0.813. The van der Waals surface area contributed by atoms with Crippen molar-refractivity contribution in [3.05, 3.63) is 45.9 Å². The van der Waals surface area contributed by atoms with E-state index in [-0.39, 0.29) is 5.82 Å². The topological polar surface area (TPSA) is 37.0 Å². The number of benzene rings is 1. The molecule has 0 bridgehead atoms. The molecule has 3 nitrogen and oxygen atoms in total. The maximum Gasteiger partial charge on any atom is 0.138 e. The Balaban J connectivity index is 2.23. The third-order valence-electron chi connectivity index (χ3n) is 2.35. The first-order valence-electron chi connectivity index (χ1n) is 5.61. The van der Waals surface area contributed by atoms with E-state index in [4.69, 9.17) is 0 Å². The van der Waals surface area contributed by atoms with Gasteiger partial charge in [-0.2, -0.15) is 0 Å². The summed E-state index contributed by atoms with van der Waals surface area (Å²) >= 11 is 1.99. The number of aromatic nitrogens is 1. The Morgan fingerprint density at radius 3 is 2.94 bits per heavy atom. The Morgan fingerprint density at radius 1 is 1.33 bits per heavy atom. The summed E-state index contributed by atoms with van der Waals surface area (Å²) in [4.78, 5) is 4.18. The molecule has 0 atom stereocenters. The average Bonchev–Trinajstić information content (AvgIpc) is 2.36. The molecular formula is C13H13FIN3. The molecule has 0 fully saturated rings. The molecule has 18 heavy (non-hydrogen) atoms. The number of pyridine rings is 1. The summed E-state index contributed by atoms with van der Waals surface area (Å²) in [7, 11) is 0. The van der Waals surface area contributed by atoms with Gasteiger partial charge in [-0.1, -0.05) is 6.07 Å². The van der Waals surface area contributed by atoms with E-state index >= 15 is 0 Å². The van der Waals surface area contributed by atoms with E-state index in [0.717, 1.165) is 23.7 Å². The number of nitrogens with one attached hydrogen (secondary N) is 2. The molecule has 0 radical (unpaired) electrons. The van der Waals surface area contributed by atoms with Gasteiger partial charge >= 0.3 is 0 Å². The average molecular weight is 357 g/mol. The lowest BCUT2D eigenvalue weighted by atomic mass is 10.3. The van der Waals surface area contributed by atoms with Crippen molar-refractivity contribution in [2.75, 3.05) is 17.2 Å². The van der Waals surface area contributed by atoms with Crippen molar-refractivity contribution in [2.45, 2.75) is 6.92 Å². The first-order valence-corrected chi connectivity index (χ1v) is 6.69. The molecule has 0 aliphatic heterocycles. The second-order valence-corrected chi connectivity index (χ2v) is 4.77. The predicted octanol–water partition coefficient (Wildman–Crippen LogP) is 4.00. The molecule has 0 aliphatic carbocycles.